The Kier molecular flexibility index (Phi) is 6.68. The summed E-state index contributed by atoms with van der Waals surface area (Å²) in [5.74, 6) is 0. The molecule has 1 aromatic rings. The Morgan fingerprint density at radius 2 is 2.00 bits per heavy atom. The first kappa shape index (κ1) is 17.3. The highest BCUT2D eigenvalue weighted by Crippen LogP contribution is 2.40. The third kappa shape index (κ3) is 5.28. The minimum Gasteiger partial charge on any atom is -0.778 e. The SMILES string of the molecule is CCP(=O)([O-])OCC(=C(Cl)Cl)c1cc(Cl)ccc1Cl. The van der Waals surface area contributed by atoms with Gasteiger partial charge in [-0.25, -0.2) is 0 Å². The van der Waals surface area contributed by atoms with Crippen molar-refractivity contribution in [2.45, 2.75) is 6.92 Å². The van der Waals surface area contributed by atoms with E-state index in [1.54, 1.807) is 12.1 Å². The number of halogens is 4. The van der Waals surface area contributed by atoms with Gasteiger partial charge < -0.3 is 14.0 Å². The highest BCUT2D eigenvalue weighted by Gasteiger charge is 2.14. The third-order valence-corrected chi connectivity index (χ3v) is 4.59. The molecule has 0 N–H and O–H groups in total. The number of rotatable bonds is 5. The maximum absolute atomic E-state index is 11.3. The van der Waals surface area contributed by atoms with E-state index in [-0.39, 0.29) is 22.8 Å². The predicted molar refractivity (Wildman–Crippen MR) is 79.2 cm³/mol. The fourth-order valence-corrected chi connectivity index (χ4v) is 2.44. The molecule has 3 nitrogen and oxygen atoms in total. The molecular weight excluding hydrogens is 353 g/mol. The molecule has 19 heavy (non-hydrogen) atoms. The van der Waals surface area contributed by atoms with Crippen LogP contribution in [-0.2, 0) is 9.09 Å². The summed E-state index contributed by atoms with van der Waals surface area (Å²) in [6, 6.07) is 4.69. The van der Waals surface area contributed by atoms with E-state index in [0.29, 0.717) is 15.6 Å². The molecule has 0 bridgehead atoms. The maximum atomic E-state index is 11.3. The van der Waals surface area contributed by atoms with Crippen molar-refractivity contribution >= 4 is 59.6 Å². The van der Waals surface area contributed by atoms with Crippen molar-refractivity contribution in [2.75, 3.05) is 12.8 Å². The van der Waals surface area contributed by atoms with Crippen molar-refractivity contribution in [3.05, 3.63) is 38.3 Å². The molecule has 0 aromatic heterocycles. The van der Waals surface area contributed by atoms with Crippen LogP contribution in [0.15, 0.2) is 22.7 Å². The van der Waals surface area contributed by atoms with E-state index in [0.717, 1.165) is 0 Å². The first-order chi connectivity index (χ1) is 8.76. The lowest BCUT2D eigenvalue weighted by Crippen LogP contribution is -2.09. The predicted octanol–water partition coefficient (Wildman–Crippen LogP) is 4.73. The highest BCUT2D eigenvalue weighted by atomic mass is 35.5. The summed E-state index contributed by atoms with van der Waals surface area (Å²) < 4.78 is 16.0. The summed E-state index contributed by atoms with van der Waals surface area (Å²) in [4.78, 5) is 11.3. The Balaban J connectivity index is 3.07. The van der Waals surface area contributed by atoms with Gasteiger partial charge in [0.25, 0.3) is 0 Å². The van der Waals surface area contributed by atoms with Crippen LogP contribution in [0.1, 0.15) is 12.5 Å². The van der Waals surface area contributed by atoms with E-state index < -0.39 is 7.60 Å². The standard InChI is InChI=1S/C11H11Cl4O3P/c1-2-19(16,17)18-6-9(11(14)15)8-5-7(12)3-4-10(8)13/h3-5H,2,6H2,1H3,(H,16,17)/p-1. The molecule has 0 saturated carbocycles. The quantitative estimate of drug-likeness (QED) is 0.711. The monoisotopic (exact) mass is 361 g/mol. The van der Waals surface area contributed by atoms with Gasteiger partial charge in [-0.2, -0.15) is 0 Å². The topological polar surface area (TPSA) is 49.4 Å². The first-order valence-electron chi connectivity index (χ1n) is 5.21. The molecule has 0 aliphatic rings. The zero-order valence-corrected chi connectivity index (χ0v) is 13.7. The van der Waals surface area contributed by atoms with Crippen LogP contribution in [0.3, 0.4) is 0 Å². The normalized spacial score (nSPS) is 14.0. The van der Waals surface area contributed by atoms with Crippen LogP contribution in [0.4, 0.5) is 0 Å². The molecule has 106 valence electrons. The van der Waals surface area contributed by atoms with Crippen molar-refractivity contribution in [3.63, 3.8) is 0 Å². The van der Waals surface area contributed by atoms with Gasteiger partial charge in [0.15, 0.2) is 0 Å². The minimum atomic E-state index is -3.89. The van der Waals surface area contributed by atoms with E-state index in [1.165, 1.54) is 13.0 Å². The molecule has 1 rings (SSSR count). The Labute approximate surface area is 131 Å². The van der Waals surface area contributed by atoms with Crippen LogP contribution in [0, 0.1) is 0 Å². The Morgan fingerprint density at radius 1 is 1.37 bits per heavy atom. The van der Waals surface area contributed by atoms with Crippen molar-refractivity contribution in [1.82, 2.24) is 0 Å². The molecule has 0 aliphatic heterocycles. The van der Waals surface area contributed by atoms with Gasteiger partial charge in [-0.3, -0.25) is 0 Å². The molecule has 1 aromatic carbocycles. The fraction of sp³-hybridized carbons (Fsp3) is 0.273. The van der Waals surface area contributed by atoms with E-state index >= 15 is 0 Å². The molecule has 8 heteroatoms. The maximum Gasteiger partial charge on any atom is 0.135 e. The minimum absolute atomic E-state index is 0.122. The van der Waals surface area contributed by atoms with Gasteiger partial charge in [-0.1, -0.05) is 53.3 Å². The summed E-state index contributed by atoms with van der Waals surface area (Å²) in [6.07, 6.45) is -0.122. The molecule has 1 unspecified atom stereocenters. The van der Waals surface area contributed by atoms with Crippen molar-refractivity contribution < 1.29 is 14.0 Å². The molecular formula is C11H10Cl4O3P-. The Hall–Kier alpha value is 0.270. The Bertz CT molecular complexity index is 541. The van der Waals surface area contributed by atoms with Gasteiger partial charge in [0.1, 0.15) is 12.1 Å². The van der Waals surface area contributed by atoms with Crippen LogP contribution >= 0.6 is 54.0 Å². The zero-order chi connectivity index (χ0) is 14.6. The zero-order valence-electron chi connectivity index (χ0n) is 9.83. The summed E-state index contributed by atoms with van der Waals surface area (Å²) in [6.45, 7) is 1.18. The van der Waals surface area contributed by atoms with E-state index in [4.69, 9.17) is 50.9 Å². The lowest BCUT2D eigenvalue weighted by molar-refractivity contribution is -0.197. The van der Waals surface area contributed by atoms with Crippen LogP contribution < -0.4 is 4.89 Å². The fourth-order valence-electron chi connectivity index (χ4n) is 1.22. The van der Waals surface area contributed by atoms with Gasteiger partial charge in [0.2, 0.25) is 0 Å². The van der Waals surface area contributed by atoms with Gasteiger partial charge >= 0.3 is 0 Å². The average Bonchev–Trinajstić information content (AvgIpc) is 2.33. The second-order valence-corrected chi connectivity index (χ2v) is 7.47. The highest BCUT2D eigenvalue weighted by molar-refractivity contribution is 7.51. The van der Waals surface area contributed by atoms with Crippen LogP contribution in [0.25, 0.3) is 5.57 Å². The van der Waals surface area contributed by atoms with Gasteiger partial charge in [-0.15, -0.1) is 0 Å². The third-order valence-electron chi connectivity index (χ3n) is 2.27. The number of benzene rings is 1. The van der Waals surface area contributed by atoms with Crippen LogP contribution in [0.2, 0.25) is 10.0 Å². The molecule has 0 saturated heterocycles. The van der Waals surface area contributed by atoms with E-state index in [1.807, 2.05) is 0 Å². The summed E-state index contributed by atoms with van der Waals surface area (Å²) >= 11 is 23.4. The second-order valence-electron chi connectivity index (χ2n) is 3.56. The Morgan fingerprint density at radius 3 is 2.53 bits per heavy atom. The molecule has 0 aliphatic carbocycles. The van der Waals surface area contributed by atoms with Gasteiger partial charge in [-0.05, 0) is 18.2 Å². The second kappa shape index (κ2) is 7.33. The lowest BCUT2D eigenvalue weighted by Gasteiger charge is -2.22. The van der Waals surface area contributed by atoms with Crippen molar-refractivity contribution in [2.24, 2.45) is 0 Å². The van der Waals surface area contributed by atoms with Gasteiger partial charge in [0, 0.05) is 27.3 Å². The van der Waals surface area contributed by atoms with E-state index in [2.05, 4.69) is 0 Å². The smallest absolute Gasteiger partial charge is 0.135 e. The number of hydrogen-bond donors (Lipinski definition) is 0. The molecule has 0 fully saturated rings. The van der Waals surface area contributed by atoms with Crippen molar-refractivity contribution in [3.8, 4) is 0 Å². The molecule has 1 atom stereocenters. The molecule has 0 amide bonds. The first-order valence-corrected chi connectivity index (χ1v) is 8.45. The van der Waals surface area contributed by atoms with Crippen molar-refractivity contribution in [1.29, 1.82) is 0 Å². The van der Waals surface area contributed by atoms with Gasteiger partial charge in [0.05, 0.1) is 6.61 Å². The molecule has 0 radical (unpaired) electrons. The average molecular weight is 363 g/mol. The number of hydrogen-bond acceptors (Lipinski definition) is 3. The van der Waals surface area contributed by atoms with Crippen LogP contribution in [-0.4, -0.2) is 12.8 Å². The summed E-state index contributed by atoms with van der Waals surface area (Å²) in [5, 5.41) is 0.770. The van der Waals surface area contributed by atoms with E-state index in [9.17, 15) is 9.46 Å². The molecule has 0 heterocycles. The molecule has 0 spiro atoms. The lowest BCUT2D eigenvalue weighted by atomic mass is 10.1. The largest absolute Gasteiger partial charge is 0.778 e. The summed E-state index contributed by atoms with van der Waals surface area (Å²) in [5.41, 5.74) is 0.700. The van der Waals surface area contributed by atoms with Crippen LogP contribution in [0.5, 0.6) is 0 Å². The summed E-state index contributed by atoms with van der Waals surface area (Å²) in [7, 11) is -3.89.